The first kappa shape index (κ1) is 8.49. The van der Waals surface area contributed by atoms with Gasteiger partial charge >= 0.3 is 0 Å². The summed E-state index contributed by atoms with van der Waals surface area (Å²) in [5.74, 6) is 0.153. The summed E-state index contributed by atoms with van der Waals surface area (Å²) >= 11 is 0. The van der Waals surface area contributed by atoms with E-state index < -0.39 is 0 Å². The molecule has 0 aromatic heterocycles. The van der Waals surface area contributed by atoms with E-state index in [0.717, 1.165) is 13.0 Å². The lowest BCUT2D eigenvalue weighted by atomic mass is 10.1. The van der Waals surface area contributed by atoms with E-state index >= 15 is 0 Å². The fourth-order valence-corrected chi connectivity index (χ4v) is 1.10. The normalized spacial score (nSPS) is 24.7. The number of rotatable bonds is 1. The number of nitrogens with zero attached hydrogens (tertiary/aromatic N) is 2. The molecule has 1 heterocycles. The molecule has 1 rings (SSSR count). The van der Waals surface area contributed by atoms with Crippen LogP contribution < -0.4 is 10.6 Å². The second-order valence-electron chi connectivity index (χ2n) is 2.88. The minimum absolute atomic E-state index is 0.0116. The monoisotopic (exact) mass is 156 g/mol. The molecule has 4 nitrogen and oxygen atoms in total. The minimum atomic E-state index is -0.0116. The van der Waals surface area contributed by atoms with Crippen LogP contribution in [-0.4, -0.2) is 44.2 Å². The highest BCUT2D eigenvalue weighted by Gasteiger charge is 2.21. The van der Waals surface area contributed by atoms with Crippen molar-refractivity contribution in [3.63, 3.8) is 0 Å². The quantitative estimate of drug-likeness (QED) is 0.529. The molecule has 0 bridgehead atoms. The van der Waals surface area contributed by atoms with Crippen LogP contribution in [0.1, 0.15) is 6.42 Å². The number of amides is 1. The molecule has 0 aliphatic carbocycles. The molecule has 0 aromatic rings. The largest absolute Gasteiger partial charge is 0.347 e. The molecule has 1 saturated heterocycles. The Hall–Kier alpha value is -0.610. The van der Waals surface area contributed by atoms with E-state index in [-0.39, 0.29) is 11.9 Å². The highest BCUT2D eigenvalue weighted by Crippen LogP contribution is 1.98. The SMILES string of the molecule is CN(C)C(=O)C1CC[N]CN1. The van der Waals surface area contributed by atoms with Crippen LogP contribution in [0.5, 0.6) is 0 Å². The van der Waals surface area contributed by atoms with Crippen molar-refractivity contribution in [2.24, 2.45) is 0 Å². The van der Waals surface area contributed by atoms with Crippen LogP contribution in [-0.2, 0) is 4.79 Å². The summed E-state index contributed by atoms with van der Waals surface area (Å²) in [6.07, 6.45) is 0.830. The predicted molar refractivity (Wildman–Crippen MR) is 42.1 cm³/mol. The molecule has 1 fully saturated rings. The third-order valence-electron chi connectivity index (χ3n) is 1.76. The Balaban J connectivity index is 2.39. The van der Waals surface area contributed by atoms with E-state index in [1.54, 1.807) is 19.0 Å². The summed E-state index contributed by atoms with van der Waals surface area (Å²) in [4.78, 5) is 12.9. The molecule has 1 radical (unpaired) electrons. The summed E-state index contributed by atoms with van der Waals surface area (Å²) in [6.45, 7) is 1.42. The van der Waals surface area contributed by atoms with Crippen molar-refractivity contribution in [2.45, 2.75) is 12.5 Å². The van der Waals surface area contributed by atoms with Crippen LogP contribution in [0.25, 0.3) is 0 Å². The third kappa shape index (κ3) is 2.17. The summed E-state index contributed by atoms with van der Waals surface area (Å²) in [5, 5.41) is 7.13. The van der Waals surface area contributed by atoms with Gasteiger partial charge in [0.25, 0.3) is 0 Å². The summed E-state index contributed by atoms with van der Waals surface area (Å²) < 4.78 is 0. The molecule has 0 saturated carbocycles. The van der Waals surface area contributed by atoms with Crippen molar-refractivity contribution in [3.8, 4) is 0 Å². The Labute approximate surface area is 66.9 Å². The number of carbonyl (C=O) groups excluding carboxylic acids is 1. The van der Waals surface area contributed by atoms with Gasteiger partial charge in [0, 0.05) is 20.6 Å². The van der Waals surface area contributed by atoms with Gasteiger partial charge in [-0.25, -0.2) is 5.32 Å². The van der Waals surface area contributed by atoms with Crippen molar-refractivity contribution in [1.29, 1.82) is 0 Å². The Morgan fingerprint density at radius 1 is 1.64 bits per heavy atom. The number of likely N-dealkylation sites (N-methyl/N-ethyl adjacent to an activating group) is 1. The Bertz CT molecular complexity index is 141. The lowest BCUT2D eigenvalue weighted by Crippen LogP contribution is -2.50. The Morgan fingerprint density at radius 2 is 2.36 bits per heavy atom. The van der Waals surface area contributed by atoms with Gasteiger partial charge in [-0.1, -0.05) is 0 Å². The van der Waals surface area contributed by atoms with Crippen LogP contribution >= 0.6 is 0 Å². The van der Waals surface area contributed by atoms with Gasteiger partial charge in [-0.3, -0.25) is 10.1 Å². The van der Waals surface area contributed by atoms with Crippen molar-refractivity contribution < 1.29 is 4.79 Å². The molecule has 4 heteroatoms. The second-order valence-corrected chi connectivity index (χ2v) is 2.88. The smallest absolute Gasteiger partial charge is 0.239 e. The van der Waals surface area contributed by atoms with Gasteiger partial charge < -0.3 is 4.90 Å². The molecule has 11 heavy (non-hydrogen) atoms. The first-order valence-electron chi connectivity index (χ1n) is 3.79. The average molecular weight is 156 g/mol. The van der Waals surface area contributed by atoms with Gasteiger partial charge in [0.15, 0.2) is 0 Å². The summed E-state index contributed by atoms with van der Waals surface area (Å²) in [7, 11) is 3.55. The van der Waals surface area contributed by atoms with Crippen LogP contribution in [0.3, 0.4) is 0 Å². The van der Waals surface area contributed by atoms with Gasteiger partial charge in [0.2, 0.25) is 5.91 Å². The van der Waals surface area contributed by atoms with Crippen molar-refractivity contribution >= 4 is 5.91 Å². The fraction of sp³-hybridized carbons (Fsp3) is 0.857. The molecule has 1 amide bonds. The van der Waals surface area contributed by atoms with E-state index in [9.17, 15) is 4.79 Å². The highest BCUT2D eigenvalue weighted by molar-refractivity contribution is 5.81. The number of carbonyl (C=O) groups is 1. The zero-order valence-electron chi connectivity index (χ0n) is 7.00. The molecule has 1 aliphatic heterocycles. The van der Waals surface area contributed by atoms with Crippen LogP contribution in [0.15, 0.2) is 0 Å². The van der Waals surface area contributed by atoms with E-state index in [1.807, 2.05) is 0 Å². The molecule has 1 N–H and O–H groups in total. The maximum atomic E-state index is 11.3. The van der Waals surface area contributed by atoms with Crippen molar-refractivity contribution in [2.75, 3.05) is 27.3 Å². The van der Waals surface area contributed by atoms with Gasteiger partial charge in [0.05, 0.1) is 12.7 Å². The Kier molecular flexibility index (Phi) is 2.84. The lowest BCUT2D eigenvalue weighted by molar-refractivity contribution is -0.131. The average Bonchev–Trinajstić information content (AvgIpc) is 2.05. The topological polar surface area (TPSA) is 46.4 Å². The molecule has 0 spiro atoms. The third-order valence-corrected chi connectivity index (χ3v) is 1.76. The zero-order valence-corrected chi connectivity index (χ0v) is 7.00. The molecule has 1 atom stereocenters. The maximum absolute atomic E-state index is 11.3. The zero-order chi connectivity index (χ0) is 8.27. The summed E-state index contributed by atoms with van der Waals surface area (Å²) in [5.41, 5.74) is 0. The number of hydrogen-bond donors (Lipinski definition) is 1. The van der Waals surface area contributed by atoms with Gasteiger partial charge in [-0.2, -0.15) is 0 Å². The second kappa shape index (κ2) is 3.69. The first-order chi connectivity index (χ1) is 5.22. The first-order valence-corrected chi connectivity index (χ1v) is 3.79. The predicted octanol–water partition coefficient (Wildman–Crippen LogP) is -1.00. The highest BCUT2D eigenvalue weighted by atomic mass is 16.2. The summed E-state index contributed by atoms with van der Waals surface area (Å²) in [6, 6.07) is -0.0116. The van der Waals surface area contributed by atoms with E-state index in [2.05, 4.69) is 10.6 Å². The van der Waals surface area contributed by atoms with Crippen LogP contribution in [0.2, 0.25) is 0 Å². The van der Waals surface area contributed by atoms with E-state index in [4.69, 9.17) is 0 Å². The molecule has 1 aliphatic rings. The van der Waals surface area contributed by atoms with Gasteiger partial charge in [-0.15, -0.1) is 0 Å². The van der Waals surface area contributed by atoms with Gasteiger partial charge in [-0.05, 0) is 6.42 Å². The van der Waals surface area contributed by atoms with Gasteiger partial charge in [0.1, 0.15) is 0 Å². The number of nitrogens with one attached hydrogen (secondary N) is 1. The fourth-order valence-electron chi connectivity index (χ4n) is 1.10. The van der Waals surface area contributed by atoms with E-state index in [1.165, 1.54) is 0 Å². The van der Waals surface area contributed by atoms with Crippen LogP contribution in [0.4, 0.5) is 0 Å². The maximum Gasteiger partial charge on any atom is 0.239 e. The van der Waals surface area contributed by atoms with E-state index in [0.29, 0.717) is 6.67 Å². The Morgan fingerprint density at radius 3 is 2.82 bits per heavy atom. The minimum Gasteiger partial charge on any atom is -0.347 e. The molecule has 1 unspecified atom stereocenters. The molecule has 63 valence electrons. The van der Waals surface area contributed by atoms with Crippen molar-refractivity contribution in [1.82, 2.24) is 15.5 Å². The van der Waals surface area contributed by atoms with Crippen molar-refractivity contribution in [3.05, 3.63) is 0 Å². The molecular weight excluding hydrogens is 142 g/mol. The number of hydrogen-bond acceptors (Lipinski definition) is 2. The standard InChI is InChI=1S/C7H14N3O/c1-10(2)7(11)6-3-4-8-5-9-6/h6,9H,3-5H2,1-2H3. The lowest BCUT2D eigenvalue weighted by Gasteiger charge is -2.24. The van der Waals surface area contributed by atoms with Crippen LogP contribution in [0, 0.1) is 0 Å². The molecular formula is C7H14N3O. The molecule has 0 aromatic carbocycles.